The van der Waals surface area contributed by atoms with Crippen LogP contribution in [-0.4, -0.2) is 47.7 Å². The molecule has 1 heterocycles. The first kappa shape index (κ1) is 28.7. The van der Waals surface area contributed by atoms with Gasteiger partial charge < -0.3 is 19.5 Å². The van der Waals surface area contributed by atoms with E-state index in [0.29, 0.717) is 25.4 Å². The van der Waals surface area contributed by atoms with Gasteiger partial charge in [-0.15, -0.1) is 0 Å². The van der Waals surface area contributed by atoms with Crippen LogP contribution >= 0.6 is 0 Å². The number of aromatic amines is 1. The first-order chi connectivity index (χ1) is 18.3. The normalized spacial score (nSPS) is 14.8. The van der Waals surface area contributed by atoms with Gasteiger partial charge in [0.2, 0.25) is 10.0 Å². The van der Waals surface area contributed by atoms with Gasteiger partial charge in [0.05, 0.1) is 12.4 Å². The summed E-state index contributed by atoms with van der Waals surface area (Å²) in [5.74, 6) is 0.875. The van der Waals surface area contributed by atoms with Crippen LogP contribution in [0, 0.1) is 0 Å². The fourth-order valence-electron chi connectivity index (χ4n) is 5.50. The second-order valence-corrected chi connectivity index (χ2v) is 16.9. The number of sulfonamides is 1. The first-order valence-corrected chi connectivity index (χ1v) is 18.4. The van der Waals surface area contributed by atoms with Crippen molar-refractivity contribution in [2.24, 2.45) is 0 Å². The summed E-state index contributed by atoms with van der Waals surface area (Å²) in [6.07, 6.45) is 5.83. The van der Waals surface area contributed by atoms with Crippen LogP contribution in [0.1, 0.15) is 56.5 Å². The molecule has 1 aromatic heterocycles. The zero-order valence-electron chi connectivity index (χ0n) is 23.2. The molecule has 0 saturated heterocycles. The van der Waals surface area contributed by atoms with E-state index in [1.54, 1.807) is 6.07 Å². The maximum Gasteiger partial charge on any atom is 0.229 e. The number of benzene rings is 2. The molecule has 1 unspecified atom stereocenters. The van der Waals surface area contributed by atoms with E-state index in [4.69, 9.17) is 9.16 Å². The predicted octanol–water partition coefficient (Wildman–Crippen LogP) is 6.15. The molecule has 1 atom stereocenters. The molecule has 0 saturated carbocycles. The van der Waals surface area contributed by atoms with Gasteiger partial charge in [0.1, 0.15) is 12.4 Å². The molecule has 0 spiro atoms. The number of H-pyrrole nitrogens is 1. The van der Waals surface area contributed by atoms with Crippen molar-refractivity contribution in [1.29, 1.82) is 0 Å². The zero-order chi connectivity index (χ0) is 27.2. The average molecular weight is 558 g/mol. The highest BCUT2D eigenvalue weighted by molar-refractivity contribution is 7.92. The Morgan fingerprint density at radius 1 is 1.03 bits per heavy atom. The van der Waals surface area contributed by atoms with Crippen molar-refractivity contribution in [2.45, 2.75) is 70.7 Å². The number of fused-ring (bicyclic) bond motifs is 3. The minimum atomic E-state index is -3.35. The Labute approximate surface area is 228 Å². The molecule has 0 radical (unpaired) electrons. The van der Waals surface area contributed by atoms with Crippen LogP contribution in [0.15, 0.2) is 42.5 Å². The van der Waals surface area contributed by atoms with Crippen molar-refractivity contribution in [2.75, 3.05) is 30.7 Å². The van der Waals surface area contributed by atoms with Gasteiger partial charge in [-0.1, -0.05) is 32.9 Å². The largest absolute Gasteiger partial charge is 0.492 e. The van der Waals surface area contributed by atoms with Gasteiger partial charge in [0, 0.05) is 41.4 Å². The van der Waals surface area contributed by atoms with Crippen LogP contribution in [0.25, 0.3) is 10.9 Å². The maximum atomic E-state index is 11.8. The van der Waals surface area contributed by atoms with Crippen molar-refractivity contribution < 1.29 is 17.6 Å². The average Bonchev–Trinajstić information content (AvgIpc) is 3.27. The molecule has 2 aromatic carbocycles. The molecule has 0 bridgehead atoms. The van der Waals surface area contributed by atoms with Crippen LogP contribution in [0.4, 0.5) is 5.69 Å². The van der Waals surface area contributed by atoms with E-state index in [9.17, 15) is 8.42 Å². The molecule has 1 aliphatic carbocycles. The van der Waals surface area contributed by atoms with E-state index in [-0.39, 0.29) is 6.10 Å². The van der Waals surface area contributed by atoms with Gasteiger partial charge in [0.25, 0.3) is 0 Å². The summed E-state index contributed by atoms with van der Waals surface area (Å²) in [7, 11) is -5.24. The van der Waals surface area contributed by atoms with E-state index in [0.717, 1.165) is 42.3 Å². The molecule has 0 aliphatic heterocycles. The number of anilines is 1. The van der Waals surface area contributed by atoms with Crippen molar-refractivity contribution in [3.63, 3.8) is 0 Å². The number of aryl methyl sites for hydroxylation is 2. The van der Waals surface area contributed by atoms with Gasteiger partial charge in [0.15, 0.2) is 8.32 Å². The third-order valence-corrected chi connectivity index (χ3v) is 13.1. The number of nitrogens with one attached hydrogen (secondary N) is 3. The summed E-state index contributed by atoms with van der Waals surface area (Å²) >= 11 is 0. The summed E-state index contributed by atoms with van der Waals surface area (Å²) in [6.45, 7) is 8.51. The SMILES string of the molecule is CC[Si](CC)(CC)OC(CNCCOc1ccc2c3c([nH]c2c1)CCCC3)c1cccc(NS(C)(=O)=O)c1. The number of ether oxygens (including phenoxy) is 1. The molecular weight excluding hydrogens is 514 g/mol. The van der Waals surface area contributed by atoms with Gasteiger partial charge in [-0.05, 0) is 79.2 Å². The Kier molecular flexibility index (Phi) is 9.57. The van der Waals surface area contributed by atoms with Gasteiger partial charge >= 0.3 is 0 Å². The minimum Gasteiger partial charge on any atom is -0.492 e. The van der Waals surface area contributed by atoms with Crippen molar-refractivity contribution in [3.8, 4) is 5.75 Å². The van der Waals surface area contributed by atoms with E-state index in [1.807, 2.05) is 18.2 Å². The molecule has 7 nitrogen and oxygen atoms in total. The van der Waals surface area contributed by atoms with E-state index >= 15 is 0 Å². The van der Waals surface area contributed by atoms with Crippen LogP contribution < -0.4 is 14.8 Å². The van der Waals surface area contributed by atoms with Gasteiger partial charge in [-0.3, -0.25) is 4.72 Å². The minimum absolute atomic E-state index is 0.163. The van der Waals surface area contributed by atoms with Gasteiger partial charge in [-0.25, -0.2) is 8.42 Å². The molecule has 3 aromatic rings. The summed E-state index contributed by atoms with van der Waals surface area (Å²) in [4.78, 5) is 3.60. The van der Waals surface area contributed by atoms with Crippen LogP contribution in [0.5, 0.6) is 5.75 Å². The van der Waals surface area contributed by atoms with E-state index in [1.165, 1.54) is 41.3 Å². The highest BCUT2D eigenvalue weighted by Crippen LogP contribution is 2.32. The molecule has 1 aliphatic rings. The Bertz CT molecular complexity index is 1310. The lowest BCUT2D eigenvalue weighted by Gasteiger charge is -2.34. The smallest absolute Gasteiger partial charge is 0.229 e. The Morgan fingerprint density at radius 2 is 1.79 bits per heavy atom. The fraction of sp³-hybridized carbons (Fsp3) is 0.517. The Balaban J connectivity index is 1.39. The summed E-state index contributed by atoms with van der Waals surface area (Å²) in [6, 6.07) is 17.1. The van der Waals surface area contributed by atoms with Crippen LogP contribution in [0.2, 0.25) is 18.1 Å². The predicted molar refractivity (Wildman–Crippen MR) is 159 cm³/mol. The summed E-state index contributed by atoms with van der Waals surface area (Å²) in [5, 5.41) is 4.85. The third-order valence-electron chi connectivity index (χ3n) is 7.83. The number of hydrogen-bond acceptors (Lipinski definition) is 5. The lowest BCUT2D eigenvalue weighted by atomic mass is 9.96. The molecular formula is C29H43N3O4SSi. The fourth-order valence-corrected chi connectivity index (χ4v) is 8.88. The van der Waals surface area contributed by atoms with Crippen molar-refractivity contribution in [1.82, 2.24) is 10.3 Å². The zero-order valence-corrected chi connectivity index (χ0v) is 25.0. The van der Waals surface area contributed by atoms with Crippen LogP contribution in [-0.2, 0) is 27.3 Å². The quantitative estimate of drug-likeness (QED) is 0.163. The van der Waals surface area contributed by atoms with Crippen LogP contribution in [0.3, 0.4) is 0 Å². The Morgan fingerprint density at radius 3 is 2.53 bits per heavy atom. The van der Waals surface area contributed by atoms with Crippen molar-refractivity contribution in [3.05, 3.63) is 59.3 Å². The highest BCUT2D eigenvalue weighted by Gasteiger charge is 2.32. The van der Waals surface area contributed by atoms with E-state index < -0.39 is 18.3 Å². The third kappa shape index (κ3) is 7.19. The van der Waals surface area contributed by atoms with E-state index in [2.05, 4.69) is 54.0 Å². The van der Waals surface area contributed by atoms with Crippen molar-refractivity contribution >= 4 is 34.9 Å². The molecule has 0 fully saturated rings. The lowest BCUT2D eigenvalue weighted by Crippen LogP contribution is -2.40. The standard InChI is InChI=1S/C29H43N3O4SSi/c1-5-38(6-2,7-3)36-29(22-11-10-12-23(19-22)32-37(4,33)34)21-30-17-18-35-24-15-16-26-25-13-8-9-14-27(25)31-28(26)20-24/h10-12,15-16,19-20,29-32H,5-9,13-14,17-18,21H2,1-4H3. The molecule has 208 valence electrons. The molecule has 9 heteroatoms. The number of hydrogen-bond donors (Lipinski definition) is 3. The summed E-state index contributed by atoms with van der Waals surface area (Å²) in [5.41, 5.74) is 5.56. The lowest BCUT2D eigenvalue weighted by molar-refractivity contribution is 0.183. The topological polar surface area (TPSA) is 92.4 Å². The second kappa shape index (κ2) is 12.7. The molecule has 38 heavy (non-hydrogen) atoms. The number of aromatic nitrogens is 1. The summed E-state index contributed by atoms with van der Waals surface area (Å²) < 4.78 is 39.1. The second-order valence-electron chi connectivity index (χ2n) is 10.4. The van der Waals surface area contributed by atoms with Gasteiger partial charge in [-0.2, -0.15) is 0 Å². The first-order valence-electron chi connectivity index (χ1n) is 14.0. The molecule has 4 rings (SSSR count). The highest BCUT2D eigenvalue weighted by atomic mass is 32.2. The molecule has 0 amide bonds. The Hall–Kier alpha value is -2.33. The maximum absolute atomic E-state index is 11.8. The molecule has 3 N–H and O–H groups in total. The number of rotatable bonds is 14. The monoisotopic (exact) mass is 557 g/mol.